The number of carbonyl (C=O) groups is 2. The van der Waals surface area contributed by atoms with Gasteiger partial charge in [-0.1, -0.05) is 11.6 Å². The van der Waals surface area contributed by atoms with Crippen molar-refractivity contribution in [3.63, 3.8) is 0 Å². The number of aliphatic carboxylic acids is 1. The quantitative estimate of drug-likeness (QED) is 0.863. The monoisotopic (exact) mass is 335 g/mol. The molecule has 0 radical (unpaired) electrons. The summed E-state index contributed by atoms with van der Waals surface area (Å²) in [5, 5.41) is 8.92. The van der Waals surface area contributed by atoms with Gasteiger partial charge in [-0.05, 0) is 18.2 Å². The Morgan fingerprint density at radius 2 is 2.05 bits per heavy atom. The molecule has 1 fully saturated rings. The predicted octanol–water partition coefficient (Wildman–Crippen LogP) is 0.803. The molecular weight excluding hydrogens is 325 g/mol. The van der Waals surface area contributed by atoms with Gasteiger partial charge >= 0.3 is 5.97 Å². The number of halogens is 2. The average molecular weight is 336 g/mol. The van der Waals surface area contributed by atoms with Gasteiger partial charge in [-0.3, -0.25) is 4.79 Å². The first-order chi connectivity index (χ1) is 9.71. The Morgan fingerprint density at radius 1 is 1.38 bits per heavy atom. The van der Waals surface area contributed by atoms with Gasteiger partial charge in [0.25, 0.3) is 5.91 Å². The van der Waals surface area contributed by atoms with Gasteiger partial charge in [0.1, 0.15) is 11.9 Å². The van der Waals surface area contributed by atoms with E-state index in [9.17, 15) is 22.4 Å². The van der Waals surface area contributed by atoms with Crippen molar-refractivity contribution in [3.8, 4) is 0 Å². The maximum atomic E-state index is 13.4. The fourth-order valence-corrected chi connectivity index (χ4v) is 3.61. The maximum absolute atomic E-state index is 13.4. The van der Waals surface area contributed by atoms with Gasteiger partial charge in [0, 0.05) is 12.1 Å². The van der Waals surface area contributed by atoms with Crippen molar-refractivity contribution in [2.45, 2.75) is 6.04 Å². The van der Waals surface area contributed by atoms with Gasteiger partial charge in [0.2, 0.25) is 0 Å². The van der Waals surface area contributed by atoms with Crippen molar-refractivity contribution >= 4 is 33.3 Å². The highest BCUT2D eigenvalue weighted by Crippen LogP contribution is 2.20. The molecular formula is C12H11ClFNO5S. The lowest BCUT2D eigenvalue weighted by Gasteiger charge is -2.32. The number of hydrogen-bond donors (Lipinski definition) is 1. The second-order valence-electron chi connectivity index (χ2n) is 4.60. The fourth-order valence-electron chi connectivity index (χ4n) is 2.05. The van der Waals surface area contributed by atoms with E-state index in [0.29, 0.717) is 0 Å². The highest BCUT2D eigenvalue weighted by molar-refractivity contribution is 7.91. The van der Waals surface area contributed by atoms with Gasteiger partial charge in [-0.2, -0.15) is 0 Å². The number of carboxylic acids is 1. The van der Waals surface area contributed by atoms with Crippen molar-refractivity contribution in [1.29, 1.82) is 0 Å². The van der Waals surface area contributed by atoms with Crippen LogP contribution in [0, 0.1) is 5.82 Å². The second-order valence-corrected chi connectivity index (χ2v) is 7.23. The number of nitrogens with zero attached hydrogens (tertiary/aromatic N) is 1. The van der Waals surface area contributed by atoms with Crippen molar-refractivity contribution < 1.29 is 27.5 Å². The molecule has 1 aliphatic heterocycles. The third-order valence-corrected chi connectivity index (χ3v) is 5.08. The number of carbonyl (C=O) groups excluding carboxylic acids is 1. The number of amides is 1. The molecule has 1 unspecified atom stereocenters. The molecule has 9 heteroatoms. The summed E-state index contributed by atoms with van der Waals surface area (Å²) in [6, 6.07) is 1.86. The van der Waals surface area contributed by atoms with Crippen molar-refractivity contribution in [1.82, 2.24) is 4.90 Å². The van der Waals surface area contributed by atoms with Gasteiger partial charge in [-0.25, -0.2) is 17.6 Å². The average Bonchev–Trinajstić information content (AvgIpc) is 2.40. The van der Waals surface area contributed by atoms with E-state index in [1.807, 2.05) is 0 Å². The van der Waals surface area contributed by atoms with Gasteiger partial charge in [0.15, 0.2) is 9.84 Å². The van der Waals surface area contributed by atoms with E-state index in [-0.39, 0.29) is 22.9 Å². The number of benzene rings is 1. The molecule has 0 saturated carbocycles. The zero-order valence-corrected chi connectivity index (χ0v) is 12.2. The van der Waals surface area contributed by atoms with E-state index >= 15 is 0 Å². The second kappa shape index (κ2) is 5.61. The van der Waals surface area contributed by atoms with Crippen LogP contribution in [0.1, 0.15) is 10.4 Å². The summed E-state index contributed by atoms with van der Waals surface area (Å²) in [5.74, 6) is -3.93. The summed E-state index contributed by atoms with van der Waals surface area (Å²) in [7, 11) is -3.51. The molecule has 0 aliphatic carbocycles. The SMILES string of the molecule is O=C(O)C1CS(=O)(=O)CCN1C(=O)c1ccc(Cl)c(F)c1. The number of sulfone groups is 1. The van der Waals surface area contributed by atoms with Crippen LogP contribution in [-0.2, 0) is 14.6 Å². The lowest BCUT2D eigenvalue weighted by Crippen LogP contribution is -2.54. The normalized spacial score (nSPS) is 21.0. The topological polar surface area (TPSA) is 91.8 Å². The molecule has 1 saturated heterocycles. The zero-order chi connectivity index (χ0) is 15.8. The summed E-state index contributed by atoms with van der Waals surface area (Å²) in [6.45, 7) is -0.248. The minimum absolute atomic E-state index is 0.0811. The van der Waals surface area contributed by atoms with Crippen LogP contribution >= 0.6 is 11.6 Å². The molecule has 1 heterocycles. The Hall–Kier alpha value is -1.67. The van der Waals surface area contributed by atoms with E-state index in [1.54, 1.807) is 0 Å². The van der Waals surface area contributed by atoms with Crippen LogP contribution < -0.4 is 0 Å². The van der Waals surface area contributed by atoms with E-state index < -0.39 is 39.3 Å². The molecule has 2 rings (SSSR count). The van der Waals surface area contributed by atoms with Crippen molar-refractivity contribution in [2.75, 3.05) is 18.1 Å². The smallest absolute Gasteiger partial charge is 0.327 e. The number of rotatable bonds is 2. The third-order valence-electron chi connectivity index (χ3n) is 3.14. The molecule has 114 valence electrons. The van der Waals surface area contributed by atoms with Crippen LogP contribution in [0.2, 0.25) is 5.02 Å². The van der Waals surface area contributed by atoms with Crippen LogP contribution in [-0.4, -0.2) is 54.4 Å². The molecule has 1 aliphatic rings. The van der Waals surface area contributed by atoms with Crippen molar-refractivity contribution in [3.05, 3.63) is 34.6 Å². The molecule has 1 aromatic carbocycles. The fraction of sp³-hybridized carbons (Fsp3) is 0.333. The van der Waals surface area contributed by atoms with Crippen LogP contribution in [0.4, 0.5) is 4.39 Å². The first-order valence-corrected chi connectivity index (χ1v) is 8.10. The van der Waals surface area contributed by atoms with E-state index in [2.05, 4.69) is 0 Å². The van der Waals surface area contributed by atoms with Crippen molar-refractivity contribution in [2.24, 2.45) is 0 Å². The standard InChI is InChI=1S/C12H11ClFNO5S/c13-8-2-1-7(5-9(8)14)11(16)15-3-4-21(19,20)6-10(15)12(17)18/h1-2,5,10H,3-4,6H2,(H,17,18). The lowest BCUT2D eigenvalue weighted by molar-refractivity contribution is -0.141. The van der Waals surface area contributed by atoms with E-state index in [0.717, 1.165) is 11.0 Å². The molecule has 0 aromatic heterocycles. The lowest BCUT2D eigenvalue weighted by atomic mass is 10.1. The molecule has 1 atom stereocenters. The summed E-state index contributed by atoms with van der Waals surface area (Å²) < 4.78 is 36.4. The first kappa shape index (κ1) is 15.7. The molecule has 0 spiro atoms. The molecule has 1 N–H and O–H groups in total. The van der Waals surface area contributed by atoms with Gasteiger partial charge in [-0.15, -0.1) is 0 Å². The minimum atomic E-state index is -3.51. The zero-order valence-electron chi connectivity index (χ0n) is 10.6. The highest BCUT2D eigenvalue weighted by Gasteiger charge is 2.39. The molecule has 0 bridgehead atoms. The summed E-state index contributed by atoms with van der Waals surface area (Å²) >= 11 is 5.51. The molecule has 6 nitrogen and oxygen atoms in total. The Bertz CT molecular complexity index is 706. The predicted molar refractivity (Wildman–Crippen MR) is 72.5 cm³/mol. The maximum Gasteiger partial charge on any atom is 0.327 e. The van der Waals surface area contributed by atoms with Gasteiger partial charge < -0.3 is 10.0 Å². The summed E-state index contributed by atoms with van der Waals surface area (Å²) in [5.41, 5.74) is -0.0811. The Morgan fingerprint density at radius 3 is 2.62 bits per heavy atom. The molecule has 21 heavy (non-hydrogen) atoms. The van der Waals surface area contributed by atoms with Crippen LogP contribution in [0.25, 0.3) is 0 Å². The summed E-state index contributed by atoms with van der Waals surface area (Å²) in [6.07, 6.45) is 0. The Balaban J connectivity index is 2.32. The Labute approximate surface area is 125 Å². The number of hydrogen-bond acceptors (Lipinski definition) is 4. The van der Waals surface area contributed by atoms with Crippen LogP contribution in [0.3, 0.4) is 0 Å². The highest BCUT2D eigenvalue weighted by atomic mass is 35.5. The van der Waals surface area contributed by atoms with E-state index in [1.165, 1.54) is 12.1 Å². The van der Waals surface area contributed by atoms with Crippen LogP contribution in [0.5, 0.6) is 0 Å². The first-order valence-electron chi connectivity index (χ1n) is 5.90. The molecule has 1 aromatic rings. The minimum Gasteiger partial charge on any atom is -0.480 e. The van der Waals surface area contributed by atoms with E-state index in [4.69, 9.17) is 16.7 Å². The van der Waals surface area contributed by atoms with Gasteiger partial charge in [0.05, 0.1) is 16.5 Å². The molecule has 1 amide bonds. The summed E-state index contributed by atoms with van der Waals surface area (Å²) in [4.78, 5) is 24.3. The Kier molecular flexibility index (Phi) is 4.20. The largest absolute Gasteiger partial charge is 0.480 e. The van der Waals surface area contributed by atoms with Crippen LogP contribution in [0.15, 0.2) is 18.2 Å². The number of carboxylic acid groups (broad SMARTS) is 1. The third kappa shape index (κ3) is 3.33.